The summed E-state index contributed by atoms with van der Waals surface area (Å²) < 4.78 is 64.3. The van der Waals surface area contributed by atoms with Gasteiger partial charge in [-0.05, 0) is 12.1 Å². The Morgan fingerprint density at radius 1 is 1.11 bits per heavy atom. The van der Waals surface area contributed by atoms with Crippen molar-refractivity contribution < 1.29 is 70.7 Å². The number of aliphatic hydroxyl groups is 1. The van der Waals surface area contributed by atoms with E-state index in [0.717, 1.165) is 0 Å². The Labute approximate surface area is 246 Å². The van der Waals surface area contributed by atoms with E-state index in [1.807, 2.05) is 0 Å². The molecule has 44 heavy (non-hydrogen) atoms. The summed E-state index contributed by atoms with van der Waals surface area (Å²) in [6.45, 7) is -1.12. The molecule has 3 aromatic rings. The number of ether oxygens (including phenoxy) is 3. The van der Waals surface area contributed by atoms with Crippen LogP contribution in [0.4, 0.5) is 11.5 Å². The summed E-state index contributed by atoms with van der Waals surface area (Å²) in [7, 11) is -15.4. The number of aliphatic hydroxyl groups excluding tert-OH is 1. The maximum atomic E-state index is 12.1. The predicted octanol–water partition coefficient (Wildman–Crippen LogP) is 1.64. The lowest BCUT2D eigenvalue weighted by molar-refractivity contribution is -0.386. The number of hydrogen-bond donors (Lipinski definition) is 6. The van der Waals surface area contributed by atoms with Crippen molar-refractivity contribution in [1.29, 1.82) is 0 Å². The minimum absolute atomic E-state index is 0.0746. The fraction of sp³-hybridized carbons (Fsp3) is 0.400. The molecule has 1 aliphatic rings. The molecule has 2 aromatic heterocycles. The predicted molar refractivity (Wildman–Crippen MR) is 144 cm³/mol. The van der Waals surface area contributed by atoms with Gasteiger partial charge in [-0.2, -0.15) is 8.62 Å². The SMILES string of the molecule is COc1ccc(COCc2cn([C@H]3C[C@@H](O)[C@@H](COP(=O)(O)OP(=O)(O)OP(=O)(O)O)O3)c3ncnc(N)c23)c([N+](=O)[O-])c1. The normalized spacial score (nSPS) is 21.6. The van der Waals surface area contributed by atoms with Crippen molar-refractivity contribution in [3.63, 3.8) is 0 Å². The maximum Gasteiger partial charge on any atom is 0.490 e. The molecule has 1 saturated heterocycles. The van der Waals surface area contributed by atoms with Crippen molar-refractivity contribution in [1.82, 2.24) is 14.5 Å². The molecule has 0 spiro atoms. The molecule has 0 bridgehead atoms. The Morgan fingerprint density at radius 2 is 1.82 bits per heavy atom. The largest absolute Gasteiger partial charge is 0.497 e. The van der Waals surface area contributed by atoms with E-state index in [-0.39, 0.29) is 42.4 Å². The number of hydrogen-bond acceptors (Lipinski definition) is 15. The van der Waals surface area contributed by atoms with Gasteiger partial charge in [0.2, 0.25) is 0 Å². The topological polar surface area (TPSA) is 308 Å². The second-order valence-electron chi connectivity index (χ2n) is 9.08. The Hall–Kier alpha value is -2.87. The van der Waals surface area contributed by atoms with Crippen LogP contribution in [0.3, 0.4) is 0 Å². The lowest BCUT2D eigenvalue weighted by Crippen LogP contribution is -2.26. The summed E-state index contributed by atoms with van der Waals surface area (Å²) in [5, 5.41) is 22.3. The lowest BCUT2D eigenvalue weighted by Gasteiger charge is -2.19. The highest BCUT2D eigenvalue weighted by Crippen LogP contribution is 2.66. The second kappa shape index (κ2) is 13.2. The Morgan fingerprint density at radius 3 is 2.48 bits per heavy atom. The van der Waals surface area contributed by atoms with Crippen LogP contribution in [0.2, 0.25) is 0 Å². The van der Waals surface area contributed by atoms with Gasteiger partial charge in [0, 0.05) is 18.2 Å². The third-order valence-corrected chi connectivity index (χ3v) is 9.86. The van der Waals surface area contributed by atoms with E-state index in [1.165, 1.54) is 30.1 Å². The van der Waals surface area contributed by atoms with Gasteiger partial charge < -0.3 is 49.2 Å². The first-order valence-corrected chi connectivity index (χ1v) is 16.6. The third kappa shape index (κ3) is 8.43. The van der Waals surface area contributed by atoms with E-state index in [1.54, 1.807) is 12.3 Å². The third-order valence-electron chi connectivity index (χ3n) is 6.05. The Kier molecular flexibility index (Phi) is 10.2. The monoisotopic (exact) mass is 685 g/mol. The number of benzene rings is 1. The zero-order chi connectivity index (χ0) is 32.4. The van der Waals surface area contributed by atoms with Crippen LogP contribution >= 0.6 is 23.5 Å². The molecule has 0 aliphatic carbocycles. The van der Waals surface area contributed by atoms with Crippen molar-refractivity contribution in [3.05, 3.63) is 52.0 Å². The van der Waals surface area contributed by atoms with Gasteiger partial charge in [-0.1, -0.05) is 0 Å². The first-order chi connectivity index (χ1) is 20.5. The van der Waals surface area contributed by atoms with Crippen LogP contribution < -0.4 is 10.5 Å². The summed E-state index contributed by atoms with van der Waals surface area (Å²) in [6.07, 6.45) is -0.933. The van der Waals surface area contributed by atoms with Crippen molar-refractivity contribution >= 4 is 46.0 Å². The molecule has 1 aliphatic heterocycles. The van der Waals surface area contributed by atoms with E-state index in [0.29, 0.717) is 16.7 Å². The number of nitrogens with zero attached hydrogens (tertiary/aromatic N) is 4. The number of nitrogen functional groups attached to an aromatic ring is 1. The Bertz CT molecular complexity index is 1680. The van der Waals surface area contributed by atoms with Gasteiger partial charge in [0.1, 0.15) is 35.9 Å². The molecule has 3 heterocycles. The van der Waals surface area contributed by atoms with Crippen LogP contribution in [0.25, 0.3) is 11.0 Å². The smallest absolute Gasteiger partial charge is 0.490 e. The van der Waals surface area contributed by atoms with Crippen molar-refractivity contribution in [2.24, 2.45) is 0 Å². The molecule has 7 N–H and O–H groups in total. The summed E-state index contributed by atoms with van der Waals surface area (Å²) in [5.74, 6) is 0.373. The number of nitrogens with two attached hydrogens (primary N) is 1. The highest BCUT2D eigenvalue weighted by molar-refractivity contribution is 7.66. The van der Waals surface area contributed by atoms with E-state index in [4.69, 9.17) is 29.7 Å². The highest BCUT2D eigenvalue weighted by Gasteiger charge is 2.43. The van der Waals surface area contributed by atoms with Crippen LogP contribution in [-0.4, -0.2) is 70.1 Å². The number of aromatic nitrogens is 3. The first kappa shape index (κ1) is 34.0. The van der Waals surface area contributed by atoms with Gasteiger partial charge in [-0.15, -0.1) is 0 Å². The van der Waals surface area contributed by atoms with Gasteiger partial charge in [0.15, 0.2) is 0 Å². The number of phosphoric acid groups is 3. The number of rotatable bonds is 14. The van der Waals surface area contributed by atoms with E-state index >= 15 is 0 Å². The van der Waals surface area contributed by atoms with Gasteiger partial charge in [-0.25, -0.2) is 23.7 Å². The molecule has 0 saturated carbocycles. The fourth-order valence-electron chi connectivity index (χ4n) is 4.26. The minimum atomic E-state index is -5.73. The summed E-state index contributed by atoms with van der Waals surface area (Å²) in [5.41, 5.74) is 6.88. The van der Waals surface area contributed by atoms with Crippen LogP contribution in [0, 0.1) is 10.1 Å². The van der Waals surface area contributed by atoms with Gasteiger partial charge in [0.25, 0.3) is 5.69 Å². The molecule has 0 radical (unpaired) electrons. The molecule has 242 valence electrons. The second-order valence-corrected chi connectivity index (χ2v) is 13.5. The van der Waals surface area contributed by atoms with Crippen LogP contribution in [-0.2, 0) is 49.5 Å². The van der Waals surface area contributed by atoms with Gasteiger partial charge >= 0.3 is 23.5 Å². The molecular formula is C20H26N5O16P3. The number of nitro benzene ring substituents is 1. The van der Waals surface area contributed by atoms with Crippen LogP contribution in [0.15, 0.2) is 30.7 Å². The van der Waals surface area contributed by atoms with E-state index < -0.39 is 53.4 Å². The average molecular weight is 685 g/mol. The fourth-order valence-corrected chi connectivity index (χ4v) is 7.29. The number of phosphoric ester groups is 1. The van der Waals surface area contributed by atoms with Gasteiger partial charge in [-0.3, -0.25) is 14.6 Å². The zero-order valence-corrected chi connectivity index (χ0v) is 25.1. The molecule has 1 aromatic carbocycles. The molecule has 4 rings (SSSR count). The lowest BCUT2D eigenvalue weighted by atomic mass is 10.2. The van der Waals surface area contributed by atoms with E-state index in [9.17, 15) is 38.7 Å². The van der Waals surface area contributed by atoms with E-state index in [2.05, 4.69) is 23.1 Å². The summed E-state index contributed by atoms with van der Waals surface area (Å²) >= 11 is 0. The number of fused-ring (bicyclic) bond motifs is 1. The minimum Gasteiger partial charge on any atom is -0.497 e. The van der Waals surface area contributed by atoms with Crippen molar-refractivity contribution in [2.45, 2.75) is 38.1 Å². The first-order valence-electron chi connectivity index (χ1n) is 12.1. The molecule has 24 heteroatoms. The van der Waals surface area contributed by atoms with Crippen LogP contribution in [0.1, 0.15) is 23.8 Å². The zero-order valence-electron chi connectivity index (χ0n) is 22.4. The standard InChI is InChI=1S/C20H26N5O16P3/c1-36-13-3-2-11(14(4-13)25(27)28)7-37-8-12-6-24(20-18(12)19(21)22-10-23-20)17-5-15(26)16(39-17)9-38-43(32,33)41-44(34,35)40-42(29,30)31/h2-4,6,10,15-17,26H,5,7-9H2,1H3,(H,32,33)(H,34,35)(H2,21,22,23)(H2,29,30,31)/t15-,16-,17-/m1/s1. The maximum absolute atomic E-state index is 12.1. The average Bonchev–Trinajstić information content (AvgIpc) is 3.46. The van der Waals surface area contributed by atoms with Gasteiger partial charge in [0.05, 0.1) is 55.0 Å². The summed E-state index contributed by atoms with van der Waals surface area (Å²) in [4.78, 5) is 55.3. The highest BCUT2D eigenvalue weighted by atomic mass is 31.3. The van der Waals surface area contributed by atoms with Crippen LogP contribution in [0.5, 0.6) is 5.75 Å². The molecular weight excluding hydrogens is 659 g/mol. The molecule has 21 nitrogen and oxygen atoms in total. The number of nitro groups is 1. The van der Waals surface area contributed by atoms with Crippen molar-refractivity contribution in [2.75, 3.05) is 19.5 Å². The number of anilines is 1. The van der Waals surface area contributed by atoms with Crippen molar-refractivity contribution in [3.8, 4) is 5.75 Å². The quantitative estimate of drug-likeness (QED) is 0.0798. The Balaban J connectivity index is 1.46. The number of methoxy groups -OCH3 is 1. The summed E-state index contributed by atoms with van der Waals surface area (Å²) in [6, 6.07) is 4.31. The molecule has 2 unspecified atom stereocenters. The molecule has 5 atom stereocenters. The molecule has 1 fully saturated rings. The molecule has 0 amide bonds.